The van der Waals surface area contributed by atoms with E-state index in [4.69, 9.17) is 23.2 Å². The molecule has 16 heavy (non-hydrogen) atoms. The largest absolute Gasteiger partial charge is 0.441 e. The maximum atomic E-state index is 11.8. The van der Waals surface area contributed by atoms with E-state index in [0.717, 1.165) is 0 Å². The van der Waals surface area contributed by atoms with E-state index in [1.54, 1.807) is 0 Å². The fourth-order valence-corrected chi connectivity index (χ4v) is 1.76. The van der Waals surface area contributed by atoms with Gasteiger partial charge in [-0.05, 0) is 17.8 Å². The van der Waals surface area contributed by atoms with Crippen LogP contribution in [0.4, 0.5) is 19.0 Å². The van der Waals surface area contributed by atoms with Crippen molar-refractivity contribution in [1.29, 1.82) is 0 Å². The van der Waals surface area contributed by atoms with E-state index >= 15 is 0 Å². The Morgan fingerprint density at radius 3 is 2.62 bits per heavy atom. The number of nitrogens with one attached hydrogen (secondary N) is 1. The summed E-state index contributed by atoms with van der Waals surface area (Å²) in [7, 11) is 0. The molecule has 90 valence electrons. The Balaban J connectivity index is 2.38. The van der Waals surface area contributed by atoms with Crippen LogP contribution in [0.5, 0.6) is 0 Å². The number of anilines is 1. The Bertz CT molecular complexity index is 360. The van der Waals surface area contributed by atoms with Gasteiger partial charge in [-0.2, -0.15) is 13.2 Å². The normalized spacial score (nSPS) is 11.6. The van der Waals surface area contributed by atoms with Crippen molar-refractivity contribution in [2.24, 2.45) is 0 Å². The summed E-state index contributed by atoms with van der Waals surface area (Å²) >= 11 is 11.3. The van der Waals surface area contributed by atoms with Crippen LogP contribution >= 0.6 is 35.0 Å². The van der Waals surface area contributed by atoms with Gasteiger partial charge in [-0.1, -0.05) is 23.2 Å². The highest BCUT2D eigenvalue weighted by atomic mass is 35.5. The molecule has 8 heteroatoms. The number of aromatic nitrogens is 1. The van der Waals surface area contributed by atoms with Crippen LogP contribution in [0.3, 0.4) is 0 Å². The number of alkyl halides is 3. The zero-order chi connectivity index (χ0) is 12.2. The maximum absolute atomic E-state index is 11.8. The standard InChI is InChI=1S/C8H7Cl2F3N2S/c9-5-3-6(10)7(15-4-5)14-1-2-16-8(11,12)13/h3-4H,1-2H2,(H,14,15). The van der Waals surface area contributed by atoms with Crippen molar-refractivity contribution < 1.29 is 13.2 Å². The van der Waals surface area contributed by atoms with E-state index in [0.29, 0.717) is 10.8 Å². The van der Waals surface area contributed by atoms with Crippen LogP contribution in [0.15, 0.2) is 12.3 Å². The molecule has 0 unspecified atom stereocenters. The first-order valence-electron chi connectivity index (χ1n) is 4.14. The number of rotatable bonds is 4. The number of hydrogen-bond acceptors (Lipinski definition) is 3. The van der Waals surface area contributed by atoms with Crippen LogP contribution in [0.25, 0.3) is 0 Å². The highest BCUT2D eigenvalue weighted by molar-refractivity contribution is 8.00. The SMILES string of the molecule is FC(F)(F)SCCNc1ncc(Cl)cc1Cl. The average Bonchev–Trinajstić information content (AvgIpc) is 2.13. The highest BCUT2D eigenvalue weighted by Gasteiger charge is 2.27. The third kappa shape index (κ3) is 5.14. The molecule has 0 aliphatic carbocycles. The Morgan fingerprint density at radius 1 is 1.38 bits per heavy atom. The van der Waals surface area contributed by atoms with Crippen molar-refractivity contribution in [3.05, 3.63) is 22.3 Å². The summed E-state index contributed by atoms with van der Waals surface area (Å²) < 4.78 is 35.4. The van der Waals surface area contributed by atoms with Crippen molar-refractivity contribution >= 4 is 40.8 Å². The molecule has 0 aliphatic rings. The zero-order valence-electron chi connectivity index (χ0n) is 7.81. The van der Waals surface area contributed by atoms with Crippen molar-refractivity contribution in [2.75, 3.05) is 17.6 Å². The molecule has 1 heterocycles. The van der Waals surface area contributed by atoms with E-state index < -0.39 is 5.51 Å². The molecule has 0 aliphatic heterocycles. The molecule has 1 aromatic heterocycles. The van der Waals surface area contributed by atoms with Crippen LogP contribution < -0.4 is 5.32 Å². The van der Waals surface area contributed by atoms with Gasteiger partial charge in [0.2, 0.25) is 0 Å². The monoisotopic (exact) mass is 290 g/mol. The molecule has 0 bridgehead atoms. The minimum absolute atomic E-state index is 0.0976. The van der Waals surface area contributed by atoms with Gasteiger partial charge in [-0.3, -0.25) is 0 Å². The number of pyridine rings is 1. The molecule has 0 fully saturated rings. The van der Waals surface area contributed by atoms with E-state index in [2.05, 4.69) is 10.3 Å². The van der Waals surface area contributed by atoms with Gasteiger partial charge in [0.25, 0.3) is 0 Å². The van der Waals surface area contributed by atoms with E-state index in [9.17, 15) is 13.2 Å². The predicted octanol–water partition coefficient (Wildman–Crippen LogP) is 4.05. The summed E-state index contributed by atoms with van der Waals surface area (Å²) in [5.41, 5.74) is -4.21. The molecule has 0 amide bonds. The first kappa shape index (κ1) is 13.7. The summed E-state index contributed by atoms with van der Waals surface area (Å²) in [6.45, 7) is 0.124. The molecule has 1 N–H and O–H groups in total. The molecule has 0 spiro atoms. The summed E-state index contributed by atoms with van der Waals surface area (Å²) in [6.07, 6.45) is 1.37. The molecular formula is C8H7Cl2F3N2S. The van der Waals surface area contributed by atoms with Gasteiger partial charge in [-0.25, -0.2) is 4.98 Å². The summed E-state index contributed by atoms with van der Waals surface area (Å²) in [6, 6.07) is 1.47. The van der Waals surface area contributed by atoms with Gasteiger partial charge >= 0.3 is 5.51 Å². The second-order valence-electron chi connectivity index (χ2n) is 2.70. The highest BCUT2D eigenvalue weighted by Crippen LogP contribution is 2.30. The fourth-order valence-electron chi connectivity index (χ4n) is 0.881. The van der Waals surface area contributed by atoms with Crippen LogP contribution in [0.1, 0.15) is 0 Å². The van der Waals surface area contributed by atoms with Gasteiger partial charge < -0.3 is 5.32 Å². The minimum Gasteiger partial charge on any atom is -0.368 e. The smallest absolute Gasteiger partial charge is 0.368 e. The lowest BCUT2D eigenvalue weighted by Gasteiger charge is -2.08. The van der Waals surface area contributed by atoms with Gasteiger partial charge in [0.05, 0.1) is 10.0 Å². The lowest BCUT2D eigenvalue weighted by molar-refractivity contribution is -0.0327. The van der Waals surface area contributed by atoms with Crippen LogP contribution in [0, 0.1) is 0 Å². The van der Waals surface area contributed by atoms with Gasteiger partial charge in [-0.15, -0.1) is 0 Å². The first-order valence-corrected chi connectivity index (χ1v) is 5.88. The van der Waals surface area contributed by atoms with Crippen LogP contribution in [0.2, 0.25) is 10.0 Å². The van der Waals surface area contributed by atoms with Crippen molar-refractivity contribution in [1.82, 2.24) is 4.98 Å². The molecule has 0 saturated carbocycles. The first-order chi connectivity index (χ1) is 7.38. The van der Waals surface area contributed by atoms with Crippen LogP contribution in [-0.2, 0) is 0 Å². The lowest BCUT2D eigenvalue weighted by Crippen LogP contribution is -2.10. The second-order valence-corrected chi connectivity index (χ2v) is 4.71. The van der Waals surface area contributed by atoms with Crippen molar-refractivity contribution in [3.63, 3.8) is 0 Å². The Hall–Kier alpha value is -0.330. The van der Waals surface area contributed by atoms with Crippen LogP contribution in [-0.4, -0.2) is 22.8 Å². The molecule has 1 rings (SSSR count). The van der Waals surface area contributed by atoms with Gasteiger partial charge in [0, 0.05) is 18.5 Å². The Morgan fingerprint density at radius 2 is 2.06 bits per heavy atom. The summed E-state index contributed by atoms with van der Waals surface area (Å²) in [4.78, 5) is 3.85. The molecule has 0 radical (unpaired) electrons. The molecule has 0 atom stereocenters. The lowest BCUT2D eigenvalue weighted by atomic mass is 10.4. The van der Waals surface area contributed by atoms with E-state index in [-0.39, 0.29) is 29.1 Å². The van der Waals surface area contributed by atoms with Crippen molar-refractivity contribution in [2.45, 2.75) is 5.51 Å². The average molecular weight is 291 g/mol. The summed E-state index contributed by atoms with van der Waals surface area (Å²) in [5.74, 6) is 0.221. The Kier molecular flexibility index (Phi) is 5.01. The topological polar surface area (TPSA) is 24.9 Å². The third-order valence-electron chi connectivity index (χ3n) is 1.47. The Labute approximate surface area is 105 Å². The number of halogens is 5. The van der Waals surface area contributed by atoms with E-state index in [1.165, 1.54) is 12.3 Å². The molecular weight excluding hydrogens is 284 g/mol. The zero-order valence-corrected chi connectivity index (χ0v) is 10.1. The molecule has 0 aromatic carbocycles. The van der Waals surface area contributed by atoms with Gasteiger partial charge in [0.15, 0.2) is 0 Å². The number of nitrogens with zero attached hydrogens (tertiary/aromatic N) is 1. The number of thioether (sulfide) groups is 1. The second kappa shape index (κ2) is 5.84. The molecule has 2 nitrogen and oxygen atoms in total. The number of hydrogen-bond donors (Lipinski definition) is 1. The third-order valence-corrected chi connectivity index (χ3v) is 2.70. The minimum atomic E-state index is -4.21. The molecule has 0 saturated heterocycles. The summed E-state index contributed by atoms with van der Waals surface area (Å²) in [5, 5.41) is 3.35. The van der Waals surface area contributed by atoms with Gasteiger partial charge in [0.1, 0.15) is 5.82 Å². The fraction of sp³-hybridized carbons (Fsp3) is 0.375. The van der Waals surface area contributed by atoms with E-state index in [1.807, 2.05) is 0 Å². The predicted molar refractivity (Wildman–Crippen MR) is 61.3 cm³/mol. The quantitative estimate of drug-likeness (QED) is 0.847. The van der Waals surface area contributed by atoms with Crippen molar-refractivity contribution in [3.8, 4) is 0 Å². The maximum Gasteiger partial charge on any atom is 0.441 e. The molecule has 1 aromatic rings.